The molecule has 3 aromatic carbocycles. The normalized spacial score (nSPS) is 10.5. The number of aryl methyl sites for hydroxylation is 1. The van der Waals surface area contributed by atoms with Crippen molar-refractivity contribution in [3.8, 4) is 11.5 Å². The van der Waals surface area contributed by atoms with Gasteiger partial charge < -0.3 is 19.9 Å². The van der Waals surface area contributed by atoms with E-state index in [0.717, 1.165) is 15.6 Å². The van der Waals surface area contributed by atoms with Gasteiger partial charge in [-0.25, -0.2) is 4.79 Å². The van der Waals surface area contributed by atoms with Crippen LogP contribution in [0.2, 0.25) is 5.02 Å². The van der Waals surface area contributed by atoms with Crippen LogP contribution >= 0.6 is 27.5 Å². The molecule has 0 aliphatic carbocycles. The van der Waals surface area contributed by atoms with E-state index in [9.17, 15) is 9.90 Å². The van der Waals surface area contributed by atoms with E-state index in [1.165, 1.54) is 11.6 Å². The van der Waals surface area contributed by atoms with Gasteiger partial charge >= 0.3 is 5.97 Å². The number of halogens is 2. The molecule has 0 fully saturated rings. The molecule has 7 heteroatoms. The standard InChI is InChI=1S/C23H21BrClNO4/c1-14-4-3-5-15(8-14)13-30-22-11-19(24)16(9-21(22)29-2)12-26-17-6-7-20(25)18(10-17)23(27)28/h3-11,26H,12-13H2,1-2H3,(H,27,28). The van der Waals surface area contributed by atoms with Crippen molar-refractivity contribution in [2.75, 3.05) is 12.4 Å². The van der Waals surface area contributed by atoms with Crippen LogP contribution in [-0.4, -0.2) is 18.2 Å². The lowest BCUT2D eigenvalue weighted by Crippen LogP contribution is -2.04. The zero-order valence-electron chi connectivity index (χ0n) is 16.5. The smallest absolute Gasteiger partial charge is 0.337 e. The summed E-state index contributed by atoms with van der Waals surface area (Å²) in [5.41, 5.74) is 3.90. The van der Waals surface area contributed by atoms with E-state index in [4.69, 9.17) is 21.1 Å². The average Bonchev–Trinajstić information content (AvgIpc) is 2.72. The quantitative estimate of drug-likeness (QED) is 0.387. The molecule has 0 saturated carbocycles. The van der Waals surface area contributed by atoms with Crippen molar-refractivity contribution in [3.05, 3.63) is 86.3 Å². The fraction of sp³-hybridized carbons (Fsp3) is 0.174. The summed E-state index contributed by atoms with van der Waals surface area (Å²) in [6.07, 6.45) is 0. The van der Waals surface area contributed by atoms with Crippen molar-refractivity contribution in [3.63, 3.8) is 0 Å². The number of nitrogens with one attached hydrogen (secondary N) is 1. The van der Waals surface area contributed by atoms with Crippen molar-refractivity contribution in [1.82, 2.24) is 0 Å². The van der Waals surface area contributed by atoms with Gasteiger partial charge in [-0.1, -0.05) is 57.4 Å². The number of carbonyl (C=O) groups is 1. The van der Waals surface area contributed by atoms with Gasteiger partial charge in [-0.05, 0) is 48.4 Å². The summed E-state index contributed by atoms with van der Waals surface area (Å²) >= 11 is 9.51. The second kappa shape index (κ2) is 9.87. The zero-order valence-corrected chi connectivity index (χ0v) is 18.9. The van der Waals surface area contributed by atoms with E-state index < -0.39 is 5.97 Å². The first-order valence-corrected chi connectivity index (χ1v) is 10.4. The number of anilines is 1. The number of aromatic carboxylic acids is 1. The van der Waals surface area contributed by atoms with Gasteiger partial charge in [-0.2, -0.15) is 0 Å². The Balaban J connectivity index is 1.73. The van der Waals surface area contributed by atoms with Gasteiger partial charge in [0, 0.05) is 16.7 Å². The Kier molecular flexibility index (Phi) is 7.24. The van der Waals surface area contributed by atoms with Gasteiger partial charge in [0.05, 0.1) is 17.7 Å². The molecule has 3 aromatic rings. The summed E-state index contributed by atoms with van der Waals surface area (Å²) in [4.78, 5) is 11.3. The molecule has 0 aliphatic heterocycles. The first-order valence-electron chi connectivity index (χ1n) is 9.19. The maximum atomic E-state index is 11.3. The predicted molar refractivity (Wildman–Crippen MR) is 122 cm³/mol. The number of hydrogen-bond acceptors (Lipinski definition) is 4. The van der Waals surface area contributed by atoms with Crippen molar-refractivity contribution < 1.29 is 19.4 Å². The number of carboxylic acid groups (broad SMARTS) is 1. The maximum Gasteiger partial charge on any atom is 0.337 e. The molecule has 30 heavy (non-hydrogen) atoms. The zero-order chi connectivity index (χ0) is 21.7. The van der Waals surface area contributed by atoms with Crippen molar-refractivity contribution in [2.45, 2.75) is 20.1 Å². The van der Waals surface area contributed by atoms with Crippen LogP contribution in [0.4, 0.5) is 5.69 Å². The lowest BCUT2D eigenvalue weighted by Gasteiger charge is -2.15. The highest BCUT2D eigenvalue weighted by atomic mass is 79.9. The second-order valence-electron chi connectivity index (χ2n) is 6.73. The van der Waals surface area contributed by atoms with E-state index in [1.807, 2.05) is 37.3 Å². The Hall–Kier alpha value is -2.70. The summed E-state index contributed by atoms with van der Waals surface area (Å²) in [7, 11) is 1.60. The maximum absolute atomic E-state index is 11.3. The van der Waals surface area contributed by atoms with Gasteiger partial charge in [0.2, 0.25) is 0 Å². The molecule has 0 heterocycles. The molecule has 0 unspecified atom stereocenters. The molecule has 3 rings (SSSR count). The van der Waals surface area contributed by atoms with Crippen LogP contribution in [0.5, 0.6) is 11.5 Å². The molecular weight excluding hydrogens is 470 g/mol. The fourth-order valence-electron chi connectivity index (χ4n) is 2.94. The molecule has 0 atom stereocenters. The lowest BCUT2D eigenvalue weighted by molar-refractivity contribution is 0.0697. The Labute approximate surface area is 188 Å². The number of ether oxygens (including phenoxy) is 2. The number of benzene rings is 3. The lowest BCUT2D eigenvalue weighted by atomic mass is 10.1. The molecule has 0 amide bonds. The molecule has 0 bridgehead atoms. The molecule has 5 nitrogen and oxygen atoms in total. The highest BCUT2D eigenvalue weighted by Crippen LogP contribution is 2.34. The monoisotopic (exact) mass is 489 g/mol. The highest BCUT2D eigenvalue weighted by molar-refractivity contribution is 9.10. The van der Waals surface area contributed by atoms with Gasteiger partial charge in [0.25, 0.3) is 0 Å². The first-order chi connectivity index (χ1) is 14.4. The minimum Gasteiger partial charge on any atom is -0.493 e. The van der Waals surface area contributed by atoms with Crippen LogP contribution in [0.15, 0.2) is 59.1 Å². The van der Waals surface area contributed by atoms with E-state index in [0.29, 0.717) is 30.3 Å². The topological polar surface area (TPSA) is 67.8 Å². The Morgan fingerprint density at radius 3 is 2.63 bits per heavy atom. The summed E-state index contributed by atoms with van der Waals surface area (Å²) in [5, 5.41) is 12.6. The summed E-state index contributed by atoms with van der Waals surface area (Å²) in [6, 6.07) is 16.7. The third kappa shape index (κ3) is 5.46. The Bertz CT molecular complexity index is 1070. The van der Waals surface area contributed by atoms with Crippen LogP contribution in [0.3, 0.4) is 0 Å². The highest BCUT2D eigenvalue weighted by Gasteiger charge is 2.13. The summed E-state index contributed by atoms with van der Waals surface area (Å²) in [6.45, 7) is 2.93. The van der Waals surface area contributed by atoms with Crippen LogP contribution in [0.25, 0.3) is 0 Å². The van der Waals surface area contributed by atoms with Crippen molar-refractivity contribution in [2.24, 2.45) is 0 Å². The third-order valence-electron chi connectivity index (χ3n) is 4.49. The minimum absolute atomic E-state index is 0.0539. The van der Waals surface area contributed by atoms with Gasteiger partial charge in [-0.15, -0.1) is 0 Å². The van der Waals surface area contributed by atoms with E-state index in [2.05, 4.69) is 27.3 Å². The van der Waals surface area contributed by atoms with E-state index in [-0.39, 0.29) is 10.6 Å². The van der Waals surface area contributed by atoms with Gasteiger partial charge in [0.15, 0.2) is 11.5 Å². The van der Waals surface area contributed by atoms with E-state index >= 15 is 0 Å². The van der Waals surface area contributed by atoms with Gasteiger partial charge in [-0.3, -0.25) is 0 Å². The molecule has 2 N–H and O–H groups in total. The molecular formula is C23H21BrClNO4. The molecule has 0 aromatic heterocycles. The van der Waals surface area contributed by atoms with Crippen LogP contribution in [-0.2, 0) is 13.2 Å². The summed E-state index contributed by atoms with van der Waals surface area (Å²) in [5.74, 6) is 0.181. The second-order valence-corrected chi connectivity index (χ2v) is 7.99. The van der Waals surface area contributed by atoms with Crippen molar-refractivity contribution in [1.29, 1.82) is 0 Å². The fourth-order valence-corrected chi connectivity index (χ4v) is 3.61. The molecule has 156 valence electrons. The molecule has 0 spiro atoms. The predicted octanol–water partition coefficient (Wildman–Crippen LogP) is 6.31. The van der Waals surface area contributed by atoms with Crippen LogP contribution in [0, 0.1) is 6.92 Å². The van der Waals surface area contributed by atoms with Crippen LogP contribution < -0.4 is 14.8 Å². The van der Waals surface area contributed by atoms with Crippen LogP contribution in [0.1, 0.15) is 27.0 Å². The number of carboxylic acids is 1. The molecule has 0 aliphatic rings. The SMILES string of the molecule is COc1cc(CNc2ccc(Cl)c(C(=O)O)c2)c(Br)cc1OCc1cccc(C)c1. The first kappa shape index (κ1) is 22.0. The van der Waals surface area contributed by atoms with Crippen molar-refractivity contribution >= 4 is 39.2 Å². The third-order valence-corrected chi connectivity index (χ3v) is 5.56. The number of methoxy groups -OCH3 is 1. The molecule has 0 saturated heterocycles. The number of hydrogen-bond donors (Lipinski definition) is 2. The van der Waals surface area contributed by atoms with Gasteiger partial charge in [0.1, 0.15) is 6.61 Å². The largest absolute Gasteiger partial charge is 0.493 e. The Morgan fingerprint density at radius 2 is 1.93 bits per heavy atom. The molecule has 0 radical (unpaired) electrons. The average molecular weight is 491 g/mol. The minimum atomic E-state index is -1.07. The summed E-state index contributed by atoms with van der Waals surface area (Å²) < 4.78 is 12.3. The number of rotatable bonds is 8. The van der Waals surface area contributed by atoms with E-state index in [1.54, 1.807) is 19.2 Å². The Morgan fingerprint density at radius 1 is 1.13 bits per heavy atom.